The molecule has 0 unspecified atom stereocenters. The largest absolute Gasteiger partial charge is 0.336 e. The number of carbonyl (C=O) groups excluding carboxylic acids is 1. The second-order valence-corrected chi connectivity index (χ2v) is 5.82. The van der Waals surface area contributed by atoms with Crippen LogP contribution < -0.4 is 11.2 Å². The van der Waals surface area contributed by atoms with Gasteiger partial charge in [0.05, 0.1) is 5.69 Å². The molecular weight excluding hydrogens is 310 g/mol. The van der Waals surface area contributed by atoms with Crippen molar-refractivity contribution in [2.75, 3.05) is 26.2 Å². The van der Waals surface area contributed by atoms with Crippen LogP contribution in [-0.4, -0.2) is 56.8 Å². The molecule has 0 radical (unpaired) electrons. The lowest BCUT2D eigenvalue weighted by Crippen LogP contribution is -2.49. The molecule has 0 spiro atoms. The van der Waals surface area contributed by atoms with Gasteiger partial charge in [-0.1, -0.05) is 6.07 Å². The maximum atomic E-state index is 12.4. The fraction of sp³-hybridized carbons (Fsp3) is 0.375. The number of pyridine rings is 1. The number of hydrogen-bond acceptors (Lipinski definition) is 5. The van der Waals surface area contributed by atoms with Crippen LogP contribution in [0.3, 0.4) is 0 Å². The molecule has 1 aliphatic rings. The molecule has 1 saturated heterocycles. The summed E-state index contributed by atoms with van der Waals surface area (Å²) in [4.78, 5) is 47.8. The summed E-state index contributed by atoms with van der Waals surface area (Å²) < 4.78 is 0. The fourth-order valence-electron chi connectivity index (χ4n) is 2.74. The van der Waals surface area contributed by atoms with Crippen molar-refractivity contribution >= 4 is 5.91 Å². The third-order valence-electron chi connectivity index (χ3n) is 4.20. The van der Waals surface area contributed by atoms with E-state index in [0.29, 0.717) is 26.2 Å². The van der Waals surface area contributed by atoms with Crippen LogP contribution >= 0.6 is 0 Å². The van der Waals surface area contributed by atoms with Crippen molar-refractivity contribution in [3.05, 3.63) is 62.2 Å². The number of piperazine rings is 1. The van der Waals surface area contributed by atoms with Gasteiger partial charge in [0, 0.05) is 45.1 Å². The van der Waals surface area contributed by atoms with Gasteiger partial charge in [0.2, 0.25) is 0 Å². The summed E-state index contributed by atoms with van der Waals surface area (Å²) in [5, 5.41) is 0. The van der Waals surface area contributed by atoms with E-state index in [0.717, 1.165) is 17.8 Å². The summed E-state index contributed by atoms with van der Waals surface area (Å²) >= 11 is 0. The molecule has 0 aliphatic carbocycles. The van der Waals surface area contributed by atoms with Gasteiger partial charge in [-0.15, -0.1) is 0 Å². The molecule has 3 rings (SSSR count). The van der Waals surface area contributed by atoms with Crippen molar-refractivity contribution < 1.29 is 4.79 Å². The third kappa shape index (κ3) is 3.43. The number of aromatic amines is 2. The molecule has 1 fully saturated rings. The maximum absolute atomic E-state index is 12.4. The Labute approximate surface area is 138 Å². The Bertz CT molecular complexity index is 849. The Morgan fingerprint density at radius 3 is 2.67 bits per heavy atom. The van der Waals surface area contributed by atoms with Gasteiger partial charge in [-0.25, -0.2) is 4.79 Å². The van der Waals surface area contributed by atoms with Crippen LogP contribution in [0, 0.1) is 6.92 Å². The molecular formula is C16H19N5O3. The predicted octanol–water partition coefficient (Wildman–Crippen LogP) is -0.275. The van der Waals surface area contributed by atoms with E-state index in [1.807, 2.05) is 19.1 Å². The Balaban J connectivity index is 1.62. The van der Waals surface area contributed by atoms with Crippen LogP contribution in [0.1, 0.15) is 21.6 Å². The highest BCUT2D eigenvalue weighted by Crippen LogP contribution is 2.11. The number of aryl methyl sites for hydroxylation is 1. The van der Waals surface area contributed by atoms with Gasteiger partial charge in [-0.05, 0) is 18.6 Å². The average molecular weight is 329 g/mol. The molecule has 0 bridgehead atoms. The molecule has 0 aromatic carbocycles. The van der Waals surface area contributed by atoms with E-state index in [-0.39, 0.29) is 11.5 Å². The summed E-state index contributed by atoms with van der Waals surface area (Å²) in [6.45, 7) is 5.26. The molecule has 0 atom stereocenters. The first-order valence-corrected chi connectivity index (χ1v) is 7.79. The van der Waals surface area contributed by atoms with Crippen LogP contribution in [0.2, 0.25) is 0 Å². The van der Waals surface area contributed by atoms with Crippen LogP contribution in [-0.2, 0) is 6.54 Å². The second-order valence-electron chi connectivity index (χ2n) is 5.82. The van der Waals surface area contributed by atoms with Crippen molar-refractivity contribution in [1.29, 1.82) is 0 Å². The number of H-pyrrole nitrogens is 2. The topological polar surface area (TPSA) is 102 Å². The van der Waals surface area contributed by atoms with Crippen molar-refractivity contribution in [3.8, 4) is 0 Å². The molecule has 8 heteroatoms. The van der Waals surface area contributed by atoms with Gasteiger partial charge in [0.15, 0.2) is 0 Å². The number of amides is 1. The zero-order chi connectivity index (χ0) is 17.1. The number of aromatic nitrogens is 3. The quantitative estimate of drug-likeness (QED) is 0.807. The summed E-state index contributed by atoms with van der Waals surface area (Å²) in [6.07, 6.45) is 2.96. The van der Waals surface area contributed by atoms with Crippen LogP contribution in [0.15, 0.2) is 34.1 Å². The van der Waals surface area contributed by atoms with Gasteiger partial charge in [0.25, 0.3) is 11.5 Å². The second kappa shape index (κ2) is 6.79. The number of nitrogens with zero attached hydrogens (tertiary/aromatic N) is 3. The fourth-order valence-corrected chi connectivity index (χ4v) is 2.74. The number of nitrogens with one attached hydrogen (secondary N) is 2. The first-order chi connectivity index (χ1) is 11.5. The molecule has 2 N–H and O–H groups in total. The molecule has 126 valence electrons. The van der Waals surface area contributed by atoms with E-state index >= 15 is 0 Å². The Kier molecular flexibility index (Phi) is 4.57. The van der Waals surface area contributed by atoms with Crippen LogP contribution in [0.5, 0.6) is 0 Å². The Hall–Kier alpha value is -2.74. The lowest BCUT2D eigenvalue weighted by Gasteiger charge is -2.34. The first kappa shape index (κ1) is 16.1. The summed E-state index contributed by atoms with van der Waals surface area (Å²) in [6, 6.07) is 3.95. The molecule has 0 saturated carbocycles. The Morgan fingerprint density at radius 1 is 1.25 bits per heavy atom. The third-order valence-corrected chi connectivity index (χ3v) is 4.20. The smallest absolute Gasteiger partial charge is 0.325 e. The predicted molar refractivity (Wildman–Crippen MR) is 87.8 cm³/mol. The minimum absolute atomic E-state index is 0.0383. The van der Waals surface area contributed by atoms with E-state index < -0.39 is 11.2 Å². The maximum Gasteiger partial charge on any atom is 0.325 e. The van der Waals surface area contributed by atoms with Crippen molar-refractivity contribution in [2.24, 2.45) is 0 Å². The molecule has 2 aromatic heterocycles. The molecule has 2 aromatic rings. The van der Waals surface area contributed by atoms with Crippen molar-refractivity contribution in [2.45, 2.75) is 13.5 Å². The van der Waals surface area contributed by atoms with Gasteiger partial charge in [-0.3, -0.25) is 24.5 Å². The minimum Gasteiger partial charge on any atom is -0.336 e. The SMILES string of the molecule is Cc1cccnc1CN1CCN(C(=O)c2c[nH]c(=O)[nH]c2=O)CC1. The van der Waals surface area contributed by atoms with E-state index in [1.165, 1.54) is 6.20 Å². The lowest BCUT2D eigenvalue weighted by atomic mass is 10.2. The monoisotopic (exact) mass is 329 g/mol. The van der Waals surface area contributed by atoms with Gasteiger partial charge in [0.1, 0.15) is 5.56 Å². The molecule has 1 amide bonds. The van der Waals surface area contributed by atoms with Gasteiger partial charge >= 0.3 is 5.69 Å². The summed E-state index contributed by atoms with van der Waals surface area (Å²) in [5.74, 6) is -0.360. The molecule has 24 heavy (non-hydrogen) atoms. The minimum atomic E-state index is -0.657. The molecule has 1 aliphatic heterocycles. The highest BCUT2D eigenvalue weighted by atomic mass is 16.2. The normalized spacial score (nSPS) is 15.5. The van der Waals surface area contributed by atoms with Crippen LogP contribution in [0.4, 0.5) is 0 Å². The zero-order valence-electron chi connectivity index (χ0n) is 13.4. The van der Waals surface area contributed by atoms with E-state index in [9.17, 15) is 14.4 Å². The highest BCUT2D eigenvalue weighted by molar-refractivity contribution is 5.93. The Morgan fingerprint density at radius 2 is 2.00 bits per heavy atom. The molecule has 8 nitrogen and oxygen atoms in total. The standard InChI is InChI=1S/C16H19N5O3/c1-11-3-2-4-17-13(11)10-20-5-7-21(8-6-20)15(23)12-9-18-16(24)19-14(12)22/h2-4,9H,5-8,10H2,1H3,(H2,18,19,22,24). The average Bonchev–Trinajstić information content (AvgIpc) is 2.57. The van der Waals surface area contributed by atoms with E-state index in [1.54, 1.807) is 11.1 Å². The van der Waals surface area contributed by atoms with Crippen molar-refractivity contribution in [3.63, 3.8) is 0 Å². The summed E-state index contributed by atoms with van der Waals surface area (Å²) in [5.41, 5.74) is 0.871. The number of hydrogen-bond donors (Lipinski definition) is 2. The highest BCUT2D eigenvalue weighted by Gasteiger charge is 2.24. The number of carbonyl (C=O) groups is 1. The first-order valence-electron chi connectivity index (χ1n) is 7.79. The number of rotatable bonds is 3. The van der Waals surface area contributed by atoms with E-state index in [4.69, 9.17) is 0 Å². The molecule has 3 heterocycles. The van der Waals surface area contributed by atoms with Gasteiger partial charge < -0.3 is 9.88 Å². The van der Waals surface area contributed by atoms with Crippen LogP contribution in [0.25, 0.3) is 0 Å². The summed E-state index contributed by atoms with van der Waals surface area (Å²) in [7, 11) is 0. The van der Waals surface area contributed by atoms with E-state index in [2.05, 4.69) is 19.9 Å². The van der Waals surface area contributed by atoms with Crippen molar-refractivity contribution in [1.82, 2.24) is 24.8 Å². The van der Waals surface area contributed by atoms with Gasteiger partial charge in [-0.2, -0.15) is 0 Å². The zero-order valence-corrected chi connectivity index (χ0v) is 13.4. The lowest BCUT2D eigenvalue weighted by molar-refractivity contribution is 0.0624.